The van der Waals surface area contributed by atoms with Crippen LogP contribution < -0.4 is 4.74 Å². The molecule has 1 atom stereocenters. The third-order valence-corrected chi connectivity index (χ3v) is 4.00. The van der Waals surface area contributed by atoms with Gasteiger partial charge in [0.05, 0.1) is 5.92 Å². The summed E-state index contributed by atoms with van der Waals surface area (Å²) in [4.78, 5) is 0. The fourth-order valence-electron chi connectivity index (χ4n) is 2.78. The van der Waals surface area contributed by atoms with Crippen molar-refractivity contribution in [1.82, 2.24) is 0 Å². The molecule has 1 heterocycles. The number of hydrogen-bond acceptors (Lipinski definition) is 1. The molecule has 0 N–H and O–H groups in total. The van der Waals surface area contributed by atoms with E-state index in [-0.39, 0.29) is 5.92 Å². The van der Waals surface area contributed by atoms with Crippen molar-refractivity contribution in [3.8, 4) is 17.6 Å². The molecule has 3 aromatic carbocycles. The van der Waals surface area contributed by atoms with Crippen molar-refractivity contribution in [3.63, 3.8) is 0 Å². The first-order chi connectivity index (χ1) is 11.9. The Hall–Kier alpha value is -3.24. The monoisotopic (exact) mass is 308 g/mol. The Morgan fingerprint density at radius 2 is 1.38 bits per heavy atom. The lowest BCUT2D eigenvalue weighted by Crippen LogP contribution is -2.07. The minimum Gasteiger partial charge on any atom is -0.457 e. The zero-order valence-electron chi connectivity index (χ0n) is 13.1. The largest absolute Gasteiger partial charge is 0.457 e. The molecule has 1 aliphatic rings. The number of benzene rings is 3. The highest BCUT2D eigenvalue weighted by Gasteiger charge is 2.20. The highest BCUT2D eigenvalue weighted by atomic mass is 16.5. The molecule has 0 unspecified atom stereocenters. The standard InChI is InChI=1S/C23H16O/c1-3-9-18(10-4-1)15-16-20-17-23(19-11-5-2-6-12-19)24-22-14-8-7-13-21(20)22/h1-14,17,20H/t20-/m1/s1. The number of fused-ring (bicyclic) bond motifs is 1. The Morgan fingerprint density at radius 1 is 0.708 bits per heavy atom. The molecule has 1 heteroatoms. The van der Waals surface area contributed by atoms with Crippen molar-refractivity contribution < 1.29 is 4.74 Å². The second kappa shape index (κ2) is 6.48. The normalized spacial score (nSPS) is 15.3. The number of hydrogen-bond donors (Lipinski definition) is 0. The molecule has 0 spiro atoms. The van der Waals surface area contributed by atoms with Gasteiger partial charge in [0, 0.05) is 16.7 Å². The van der Waals surface area contributed by atoms with Crippen molar-refractivity contribution in [2.45, 2.75) is 5.92 Å². The summed E-state index contributed by atoms with van der Waals surface area (Å²) in [5.41, 5.74) is 3.20. The molecule has 0 radical (unpaired) electrons. The summed E-state index contributed by atoms with van der Waals surface area (Å²) in [6.45, 7) is 0. The van der Waals surface area contributed by atoms with Crippen molar-refractivity contribution in [3.05, 3.63) is 108 Å². The Balaban J connectivity index is 1.76. The molecule has 0 aromatic heterocycles. The van der Waals surface area contributed by atoms with Gasteiger partial charge in [-0.1, -0.05) is 78.6 Å². The van der Waals surface area contributed by atoms with Crippen LogP contribution in [0.15, 0.2) is 91.0 Å². The van der Waals surface area contributed by atoms with Crippen LogP contribution in [0.5, 0.6) is 5.75 Å². The first-order valence-electron chi connectivity index (χ1n) is 8.01. The van der Waals surface area contributed by atoms with Crippen LogP contribution in [0, 0.1) is 11.8 Å². The summed E-state index contributed by atoms with van der Waals surface area (Å²) in [5, 5.41) is 0. The molecular weight excluding hydrogens is 292 g/mol. The highest BCUT2D eigenvalue weighted by molar-refractivity contribution is 5.68. The Morgan fingerprint density at radius 3 is 2.17 bits per heavy atom. The molecule has 0 saturated heterocycles. The maximum atomic E-state index is 6.09. The van der Waals surface area contributed by atoms with E-state index in [0.29, 0.717) is 0 Å². The average Bonchev–Trinajstić information content (AvgIpc) is 2.67. The van der Waals surface area contributed by atoms with Crippen LogP contribution in [-0.4, -0.2) is 0 Å². The van der Waals surface area contributed by atoms with Crippen LogP contribution >= 0.6 is 0 Å². The van der Waals surface area contributed by atoms with Crippen molar-refractivity contribution >= 4 is 5.76 Å². The third-order valence-electron chi connectivity index (χ3n) is 4.00. The summed E-state index contributed by atoms with van der Waals surface area (Å²) in [6, 6.07) is 28.3. The maximum Gasteiger partial charge on any atom is 0.132 e. The van der Waals surface area contributed by atoms with E-state index in [0.717, 1.165) is 28.2 Å². The van der Waals surface area contributed by atoms with Gasteiger partial charge in [-0.3, -0.25) is 0 Å². The first kappa shape index (κ1) is 14.4. The van der Waals surface area contributed by atoms with E-state index >= 15 is 0 Å². The Bertz CT molecular complexity index is 928. The second-order valence-electron chi connectivity index (χ2n) is 5.65. The van der Waals surface area contributed by atoms with Crippen LogP contribution in [0.3, 0.4) is 0 Å². The predicted octanol–water partition coefficient (Wildman–Crippen LogP) is 5.26. The molecule has 24 heavy (non-hydrogen) atoms. The molecule has 0 fully saturated rings. The van der Waals surface area contributed by atoms with Gasteiger partial charge in [0.15, 0.2) is 0 Å². The summed E-state index contributed by atoms with van der Waals surface area (Å²) in [7, 11) is 0. The highest BCUT2D eigenvalue weighted by Crippen LogP contribution is 2.36. The van der Waals surface area contributed by atoms with Crippen LogP contribution in [0.25, 0.3) is 5.76 Å². The van der Waals surface area contributed by atoms with Gasteiger partial charge in [-0.25, -0.2) is 0 Å². The lowest BCUT2D eigenvalue weighted by atomic mass is 9.94. The second-order valence-corrected chi connectivity index (χ2v) is 5.65. The lowest BCUT2D eigenvalue weighted by Gasteiger charge is -2.22. The molecule has 0 amide bonds. The van der Waals surface area contributed by atoms with E-state index in [2.05, 4.69) is 36.1 Å². The average molecular weight is 308 g/mol. The smallest absolute Gasteiger partial charge is 0.132 e. The summed E-state index contributed by atoms with van der Waals surface area (Å²) >= 11 is 0. The molecule has 1 nitrogen and oxygen atoms in total. The van der Waals surface area contributed by atoms with Gasteiger partial charge < -0.3 is 4.74 Å². The molecule has 3 aromatic rings. The van der Waals surface area contributed by atoms with E-state index in [9.17, 15) is 0 Å². The quantitative estimate of drug-likeness (QED) is 0.557. The van der Waals surface area contributed by atoms with Gasteiger partial charge in [-0.05, 0) is 24.3 Å². The van der Waals surface area contributed by atoms with Crippen molar-refractivity contribution in [2.24, 2.45) is 0 Å². The van der Waals surface area contributed by atoms with Crippen molar-refractivity contribution in [2.75, 3.05) is 0 Å². The number of para-hydroxylation sites is 1. The predicted molar refractivity (Wildman–Crippen MR) is 97.6 cm³/mol. The van der Waals surface area contributed by atoms with Crippen LogP contribution in [-0.2, 0) is 0 Å². The number of allylic oxidation sites excluding steroid dienone is 1. The zero-order chi connectivity index (χ0) is 16.2. The SMILES string of the molecule is C(#C[C@@H]1C=C(c2ccccc2)Oc2ccccc21)c1ccccc1. The van der Waals surface area contributed by atoms with E-state index in [4.69, 9.17) is 4.74 Å². The van der Waals surface area contributed by atoms with Crippen molar-refractivity contribution in [1.29, 1.82) is 0 Å². The zero-order valence-corrected chi connectivity index (χ0v) is 13.1. The minimum atomic E-state index is 0.0189. The molecule has 114 valence electrons. The summed E-state index contributed by atoms with van der Waals surface area (Å²) in [6.07, 6.45) is 2.10. The maximum absolute atomic E-state index is 6.09. The Kier molecular flexibility index (Phi) is 3.88. The topological polar surface area (TPSA) is 9.23 Å². The molecular formula is C23H16O. The van der Waals surface area contributed by atoms with E-state index in [1.807, 2.05) is 66.7 Å². The molecule has 0 aliphatic carbocycles. The van der Waals surface area contributed by atoms with Gasteiger partial charge in [0.2, 0.25) is 0 Å². The fourth-order valence-corrected chi connectivity index (χ4v) is 2.78. The molecule has 0 saturated carbocycles. The number of ether oxygens (including phenoxy) is 1. The van der Waals surface area contributed by atoms with Gasteiger partial charge in [-0.15, -0.1) is 0 Å². The molecule has 4 rings (SSSR count). The van der Waals surface area contributed by atoms with Crippen LogP contribution in [0.2, 0.25) is 0 Å². The van der Waals surface area contributed by atoms with Gasteiger partial charge >= 0.3 is 0 Å². The molecule has 0 bridgehead atoms. The molecule has 1 aliphatic heterocycles. The summed E-state index contributed by atoms with van der Waals surface area (Å²) < 4.78 is 6.09. The van der Waals surface area contributed by atoms with E-state index < -0.39 is 0 Å². The van der Waals surface area contributed by atoms with E-state index in [1.165, 1.54) is 0 Å². The van der Waals surface area contributed by atoms with Gasteiger partial charge in [-0.2, -0.15) is 0 Å². The fraction of sp³-hybridized carbons (Fsp3) is 0.0435. The van der Waals surface area contributed by atoms with Crippen LogP contribution in [0.1, 0.15) is 22.6 Å². The number of rotatable bonds is 1. The minimum absolute atomic E-state index is 0.0189. The first-order valence-corrected chi connectivity index (χ1v) is 8.01. The third kappa shape index (κ3) is 2.95. The Labute approximate surface area is 142 Å². The van der Waals surface area contributed by atoms with Crippen LogP contribution in [0.4, 0.5) is 0 Å². The lowest BCUT2D eigenvalue weighted by molar-refractivity contribution is 0.495. The van der Waals surface area contributed by atoms with Gasteiger partial charge in [0.25, 0.3) is 0 Å². The summed E-state index contributed by atoms with van der Waals surface area (Å²) in [5.74, 6) is 8.43. The van der Waals surface area contributed by atoms with E-state index in [1.54, 1.807) is 0 Å². The van der Waals surface area contributed by atoms with Gasteiger partial charge in [0.1, 0.15) is 11.5 Å².